The highest BCUT2D eigenvalue weighted by atomic mass is 32.2. The first kappa shape index (κ1) is 20.5. The standard InChI is InChI=1S/C21H27N3O3S/c1-16(18-9-11-20(12-10-18)28(22,26)27)23-21(25)19-7-5-17(6-8-19)15-24-13-3-2-4-14-24/h5-12,16H,2-4,13-15H2,1H3,(H,23,25)(H2,22,26,27). The van der Waals surface area contributed by atoms with Gasteiger partial charge in [0.15, 0.2) is 0 Å². The number of amides is 1. The Labute approximate surface area is 166 Å². The van der Waals surface area contributed by atoms with E-state index >= 15 is 0 Å². The van der Waals surface area contributed by atoms with Crippen LogP contribution in [0.3, 0.4) is 0 Å². The number of nitrogens with one attached hydrogen (secondary N) is 1. The van der Waals surface area contributed by atoms with E-state index in [1.807, 2.05) is 31.2 Å². The number of nitrogens with two attached hydrogens (primary N) is 1. The number of likely N-dealkylation sites (tertiary alicyclic amines) is 1. The lowest BCUT2D eigenvalue weighted by molar-refractivity contribution is 0.0940. The summed E-state index contributed by atoms with van der Waals surface area (Å²) in [5, 5.41) is 8.05. The van der Waals surface area contributed by atoms with Gasteiger partial charge in [0.2, 0.25) is 10.0 Å². The van der Waals surface area contributed by atoms with E-state index in [4.69, 9.17) is 5.14 Å². The van der Waals surface area contributed by atoms with Gasteiger partial charge in [-0.2, -0.15) is 0 Å². The van der Waals surface area contributed by atoms with Crippen LogP contribution < -0.4 is 10.5 Å². The molecule has 28 heavy (non-hydrogen) atoms. The number of hydrogen-bond acceptors (Lipinski definition) is 4. The summed E-state index contributed by atoms with van der Waals surface area (Å²) in [6.45, 7) is 5.07. The fourth-order valence-corrected chi connectivity index (χ4v) is 3.96. The Kier molecular flexibility index (Phi) is 6.49. The van der Waals surface area contributed by atoms with Crippen LogP contribution >= 0.6 is 0 Å². The van der Waals surface area contributed by atoms with Crippen LogP contribution in [0.25, 0.3) is 0 Å². The van der Waals surface area contributed by atoms with Crippen molar-refractivity contribution in [2.75, 3.05) is 13.1 Å². The zero-order valence-corrected chi connectivity index (χ0v) is 16.9. The Morgan fingerprint density at radius 2 is 1.64 bits per heavy atom. The fourth-order valence-electron chi connectivity index (χ4n) is 3.45. The van der Waals surface area contributed by atoms with Gasteiger partial charge in [0.25, 0.3) is 5.91 Å². The Bertz CT molecular complexity index is 903. The first-order valence-corrected chi connectivity index (χ1v) is 11.1. The summed E-state index contributed by atoms with van der Waals surface area (Å²) in [5.41, 5.74) is 2.63. The van der Waals surface area contributed by atoms with Crippen molar-refractivity contribution in [2.24, 2.45) is 5.14 Å². The molecule has 7 heteroatoms. The molecule has 1 saturated heterocycles. The van der Waals surface area contributed by atoms with Crippen molar-refractivity contribution < 1.29 is 13.2 Å². The minimum absolute atomic E-state index is 0.0547. The topological polar surface area (TPSA) is 92.5 Å². The van der Waals surface area contributed by atoms with Crippen LogP contribution in [0.2, 0.25) is 0 Å². The van der Waals surface area contributed by atoms with E-state index in [0.29, 0.717) is 5.56 Å². The van der Waals surface area contributed by atoms with Crippen LogP contribution in [0.4, 0.5) is 0 Å². The minimum atomic E-state index is -3.72. The SMILES string of the molecule is CC(NC(=O)c1ccc(CN2CCCCC2)cc1)c1ccc(S(N)(=O)=O)cc1. The van der Waals surface area contributed by atoms with Gasteiger partial charge in [-0.25, -0.2) is 13.6 Å². The second-order valence-corrected chi connectivity index (χ2v) is 8.90. The number of rotatable bonds is 6. The normalized spacial score (nSPS) is 16.5. The van der Waals surface area contributed by atoms with Crippen LogP contribution in [0.15, 0.2) is 53.4 Å². The lowest BCUT2D eigenvalue weighted by atomic mass is 10.1. The second kappa shape index (κ2) is 8.86. The fraction of sp³-hybridized carbons (Fsp3) is 0.381. The summed E-state index contributed by atoms with van der Waals surface area (Å²) >= 11 is 0. The lowest BCUT2D eigenvalue weighted by Crippen LogP contribution is -2.29. The zero-order chi connectivity index (χ0) is 20.1. The zero-order valence-electron chi connectivity index (χ0n) is 16.1. The van der Waals surface area contributed by atoms with E-state index in [9.17, 15) is 13.2 Å². The molecular weight excluding hydrogens is 374 g/mol. The summed E-state index contributed by atoms with van der Waals surface area (Å²) in [4.78, 5) is 15.0. The molecule has 1 aliphatic heterocycles. The third-order valence-electron chi connectivity index (χ3n) is 5.13. The van der Waals surface area contributed by atoms with Gasteiger partial charge >= 0.3 is 0 Å². The predicted molar refractivity (Wildman–Crippen MR) is 109 cm³/mol. The molecule has 0 aliphatic carbocycles. The highest BCUT2D eigenvalue weighted by Gasteiger charge is 2.14. The second-order valence-electron chi connectivity index (χ2n) is 7.34. The number of carbonyl (C=O) groups excluding carboxylic acids is 1. The van der Waals surface area contributed by atoms with Gasteiger partial charge in [-0.05, 0) is 68.2 Å². The molecule has 0 bridgehead atoms. The Hall–Kier alpha value is -2.22. The molecule has 3 rings (SSSR count). The minimum Gasteiger partial charge on any atom is -0.346 e. The van der Waals surface area contributed by atoms with Crippen molar-refractivity contribution in [3.63, 3.8) is 0 Å². The molecule has 0 aromatic heterocycles. The molecule has 1 unspecified atom stereocenters. The quantitative estimate of drug-likeness (QED) is 0.778. The van der Waals surface area contributed by atoms with Gasteiger partial charge in [-0.3, -0.25) is 9.69 Å². The largest absolute Gasteiger partial charge is 0.346 e. The maximum atomic E-state index is 12.5. The molecule has 1 amide bonds. The molecule has 1 heterocycles. The van der Waals surface area contributed by atoms with E-state index in [2.05, 4.69) is 10.2 Å². The Balaban J connectivity index is 1.59. The average molecular weight is 402 g/mol. The van der Waals surface area contributed by atoms with Gasteiger partial charge in [0.1, 0.15) is 0 Å². The highest BCUT2D eigenvalue weighted by molar-refractivity contribution is 7.89. The summed E-state index contributed by atoms with van der Waals surface area (Å²) in [5.74, 6) is -0.160. The Morgan fingerprint density at radius 3 is 2.21 bits per heavy atom. The first-order valence-electron chi connectivity index (χ1n) is 9.58. The number of piperidine rings is 1. The molecule has 1 fully saturated rings. The highest BCUT2D eigenvalue weighted by Crippen LogP contribution is 2.17. The maximum Gasteiger partial charge on any atom is 0.251 e. The molecule has 0 spiro atoms. The van der Waals surface area contributed by atoms with Crippen LogP contribution in [-0.2, 0) is 16.6 Å². The summed E-state index contributed by atoms with van der Waals surface area (Å²) in [6.07, 6.45) is 3.84. The van der Waals surface area contributed by atoms with Crippen LogP contribution in [-0.4, -0.2) is 32.3 Å². The van der Waals surface area contributed by atoms with Crippen molar-refractivity contribution in [1.29, 1.82) is 0 Å². The molecule has 2 aromatic rings. The van der Waals surface area contributed by atoms with Gasteiger partial charge in [-0.15, -0.1) is 0 Å². The van der Waals surface area contributed by atoms with E-state index in [-0.39, 0.29) is 16.8 Å². The number of nitrogens with zero attached hydrogens (tertiary/aromatic N) is 1. The number of hydrogen-bond donors (Lipinski definition) is 2. The van der Waals surface area contributed by atoms with Crippen molar-refractivity contribution in [2.45, 2.75) is 43.7 Å². The lowest BCUT2D eigenvalue weighted by Gasteiger charge is -2.26. The molecular formula is C21H27N3O3S. The van der Waals surface area contributed by atoms with E-state index in [1.54, 1.807) is 12.1 Å². The van der Waals surface area contributed by atoms with Crippen molar-refractivity contribution in [3.05, 3.63) is 65.2 Å². The van der Waals surface area contributed by atoms with Crippen LogP contribution in [0.5, 0.6) is 0 Å². The predicted octanol–water partition coefficient (Wildman–Crippen LogP) is 2.81. The summed E-state index contributed by atoms with van der Waals surface area (Å²) < 4.78 is 22.7. The van der Waals surface area contributed by atoms with Crippen molar-refractivity contribution in [1.82, 2.24) is 10.2 Å². The summed E-state index contributed by atoms with van der Waals surface area (Å²) in [7, 11) is -3.72. The van der Waals surface area contributed by atoms with Crippen LogP contribution in [0.1, 0.15) is 53.7 Å². The number of sulfonamides is 1. The van der Waals surface area contributed by atoms with E-state index < -0.39 is 10.0 Å². The molecule has 3 N–H and O–H groups in total. The molecule has 1 atom stereocenters. The van der Waals surface area contributed by atoms with Gasteiger partial charge in [0.05, 0.1) is 10.9 Å². The monoisotopic (exact) mass is 401 g/mol. The molecule has 6 nitrogen and oxygen atoms in total. The average Bonchev–Trinajstić information content (AvgIpc) is 2.68. The van der Waals surface area contributed by atoms with Gasteiger partial charge < -0.3 is 5.32 Å². The first-order chi connectivity index (χ1) is 13.3. The smallest absolute Gasteiger partial charge is 0.251 e. The number of primary sulfonamides is 1. The van der Waals surface area contributed by atoms with E-state index in [1.165, 1.54) is 37.0 Å². The third-order valence-corrected chi connectivity index (χ3v) is 6.06. The Morgan fingerprint density at radius 1 is 1.04 bits per heavy atom. The molecule has 150 valence electrons. The molecule has 0 radical (unpaired) electrons. The third kappa shape index (κ3) is 5.41. The van der Waals surface area contributed by atoms with Gasteiger partial charge in [-0.1, -0.05) is 30.7 Å². The van der Waals surface area contributed by atoms with Crippen molar-refractivity contribution in [3.8, 4) is 0 Å². The van der Waals surface area contributed by atoms with E-state index in [0.717, 1.165) is 25.2 Å². The maximum absolute atomic E-state index is 12.5. The molecule has 2 aromatic carbocycles. The van der Waals surface area contributed by atoms with Crippen molar-refractivity contribution >= 4 is 15.9 Å². The number of benzene rings is 2. The molecule has 1 aliphatic rings. The molecule has 0 saturated carbocycles. The van der Waals surface area contributed by atoms with Crippen LogP contribution in [0, 0.1) is 0 Å². The summed E-state index contributed by atoms with van der Waals surface area (Å²) in [6, 6.07) is 13.7. The van der Waals surface area contributed by atoms with Gasteiger partial charge in [0, 0.05) is 12.1 Å². The number of carbonyl (C=O) groups is 1.